The molecule has 0 amide bonds. The summed E-state index contributed by atoms with van der Waals surface area (Å²) in [6.07, 6.45) is 0. The molecule has 0 fully saturated rings. The van der Waals surface area contributed by atoms with E-state index in [0.29, 0.717) is 27.9 Å². The third-order valence-electron chi connectivity index (χ3n) is 4.57. The summed E-state index contributed by atoms with van der Waals surface area (Å²) in [6.45, 7) is 0.00595. The molecule has 0 bridgehead atoms. The highest BCUT2D eigenvalue weighted by molar-refractivity contribution is 7.75. The Hall–Kier alpha value is -2.79. The number of aliphatic hydroxyl groups excluding tert-OH is 1. The second kappa shape index (κ2) is 8.29. The van der Waals surface area contributed by atoms with Crippen molar-refractivity contribution in [3.05, 3.63) is 66.7 Å². The maximum Gasteiger partial charge on any atom is 0.311 e. The Morgan fingerprint density at radius 2 is 1.69 bits per heavy atom. The third-order valence-corrected chi connectivity index (χ3v) is 7.03. The zero-order valence-electron chi connectivity index (χ0n) is 15.9. The number of aliphatic hydroxyl groups is 1. The molecule has 29 heavy (non-hydrogen) atoms. The van der Waals surface area contributed by atoms with Gasteiger partial charge in [0.25, 0.3) is 0 Å². The first-order valence-corrected chi connectivity index (χ1v) is 10.8. The Morgan fingerprint density at radius 3 is 2.48 bits per heavy atom. The van der Waals surface area contributed by atoms with Crippen molar-refractivity contribution in [2.45, 2.75) is 0 Å². The van der Waals surface area contributed by atoms with Crippen molar-refractivity contribution >= 4 is 18.0 Å². The minimum Gasteiger partial charge on any atom is -0.491 e. The molecular weight excluding hydrogens is 391 g/mol. The molecule has 0 saturated carbocycles. The smallest absolute Gasteiger partial charge is 0.311 e. The van der Waals surface area contributed by atoms with Gasteiger partial charge in [-0.15, -0.1) is 0 Å². The third kappa shape index (κ3) is 3.62. The van der Waals surface area contributed by atoms with Crippen molar-refractivity contribution in [2.75, 3.05) is 27.1 Å². The molecule has 1 heterocycles. The molecule has 150 valence electrons. The quantitative estimate of drug-likeness (QED) is 0.474. The average molecular weight is 412 g/mol. The maximum atomic E-state index is 14.4. The zero-order chi connectivity index (χ0) is 20.3. The van der Waals surface area contributed by atoms with Crippen molar-refractivity contribution in [1.29, 1.82) is 0 Å². The van der Waals surface area contributed by atoms with Crippen molar-refractivity contribution in [1.82, 2.24) is 0 Å². The summed E-state index contributed by atoms with van der Waals surface area (Å²) in [7, 11) is -2.03. The molecule has 3 aromatic rings. The summed E-state index contributed by atoms with van der Waals surface area (Å²) in [5.41, 5.74) is 1.75. The van der Waals surface area contributed by atoms with Crippen LogP contribution in [0, 0.1) is 0 Å². The first-order chi connectivity index (χ1) is 14.2. The van der Waals surface area contributed by atoms with Gasteiger partial charge in [-0.3, -0.25) is 4.57 Å². The highest BCUT2D eigenvalue weighted by Gasteiger charge is 2.40. The van der Waals surface area contributed by atoms with Gasteiger partial charge in [-0.2, -0.15) is 0 Å². The van der Waals surface area contributed by atoms with E-state index >= 15 is 0 Å². The predicted molar refractivity (Wildman–Crippen MR) is 111 cm³/mol. The summed E-state index contributed by atoms with van der Waals surface area (Å²) < 4.78 is 36.8. The lowest BCUT2D eigenvalue weighted by atomic mass is 10.0. The number of rotatable bonds is 7. The van der Waals surface area contributed by atoms with Crippen LogP contribution in [0.3, 0.4) is 0 Å². The van der Waals surface area contributed by atoms with Gasteiger partial charge in [0, 0.05) is 12.7 Å². The van der Waals surface area contributed by atoms with E-state index in [-0.39, 0.29) is 20.0 Å². The number of methoxy groups -OCH3 is 1. The van der Waals surface area contributed by atoms with E-state index in [0.717, 1.165) is 11.1 Å². The molecule has 7 heteroatoms. The minimum absolute atomic E-state index is 0.00206. The summed E-state index contributed by atoms with van der Waals surface area (Å²) in [5, 5.41) is 10.0. The van der Waals surface area contributed by atoms with Crippen LogP contribution in [0.15, 0.2) is 66.7 Å². The Morgan fingerprint density at radius 1 is 0.931 bits per heavy atom. The van der Waals surface area contributed by atoms with Gasteiger partial charge in [-0.05, 0) is 35.9 Å². The molecular formula is C22H21O6P. The first-order valence-electron chi connectivity index (χ1n) is 9.16. The molecule has 0 radical (unpaired) electrons. The van der Waals surface area contributed by atoms with E-state index in [1.165, 1.54) is 7.11 Å². The fourth-order valence-corrected chi connectivity index (χ4v) is 5.73. The predicted octanol–water partition coefficient (Wildman–Crippen LogP) is 3.33. The summed E-state index contributed by atoms with van der Waals surface area (Å²) in [6, 6.07) is 20.0. The number of fused-ring (bicyclic) bond motifs is 3. The molecule has 0 spiro atoms. The van der Waals surface area contributed by atoms with E-state index in [2.05, 4.69) is 0 Å². The lowest BCUT2D eigenvalue weighted by molar-refractivity contribution is 0.0518. The van der Waals surface area contributed by atoms with Gasteiger partial charge in [-0.1, -0.05) is 36.4 Å². The molecule has 0 saturated heterocycles. The lowest BCUT2D eigenvalue weighted by Gasteiger charge is -2.30. The van der Waals surface area contributed by atoms with E-state index in [1.807, 2.05) is 42.5 Å². The second-order valence-corrected chi connectivity index (χ2v) is 8.66. The van der Waals surface area contributed by atoms with Crippen LogP contribution >= 0.6 is 7.37 Å². The number of benzene rings is 3. The Balaban J connectivity index is 1.89. The Labute approximate surface area is 169 Å². The Kier molecular flexibility index (Phi) is 5.58. The van der Waals surface area contributed by atoms with Gasteiger partial charge in [0.05, 0.1) is 17.2 Å². The monoisotopic (exact) mass is 412 g/mol. The molecule has 1 aliphatic heterocycles. The molecule has 6 nitrogen and oxygen atoms in total. The second-order valence-electron chi connectivity index (χ2n) is 6.41. The number of ether oxygens (including phenoxy) is 3. The minimum atomic E-state index is -3.55. The van der Waals surface area contributed by atoms with Crippen LogP contribution < -0.4 is 24.6 Å². The standard InChI is InChI=1S/C22H21O6P/c1-25-15-27-20-11-10-16(26-13-12-23)14-22(20)29(24)21-9-5-3-7-18(21)17-6-2-4-8-19(17)28-29/h2-11,14,23H,12-13,15H2,1H3. The van der Waals surface area contributed by atoms with Crippen LogP contribution in [-0.2, 0) is 9.30 Å². The van der Waals surface area contributed by atoms with Crippen molar-refractivity contribution in [3.63, 3.8) is 0 Å². The largest absolute Gasteiger partial charge is 0.491 e. The highest BCUT2D eigenvalue weighted by atomic mass is 31.2. The molecule has 0 aliphatic carbocycles. The van der Waals surface area contributed by atoms with Gasteiger partial charge in [-0.25, -0.2) is 0 Å². The van der Waals surface area contributed by atoms with Crippen molar-refractivity contribution in [2.24, 2.45) is 0 Å². The van der Waals surface area contributed by atoms with Crippen LogP contribution in [0.25, 0.3) is 11.1 Å². The van der Waals surface area contributed by atoms with Crippen LogP contribution in [0.5, 0.6) is 17.2 Å². The summed E-state index contributed by atoms with van der Waals surface area (Å²) in [5.74, 6) is 1.41. The lowest BCUT2D eigenvalue weighted by Crippen LogP contribution is -2.27. The Bertz CT molecular complexity index is 1060. The normalized spacial score (nSPS) is 17.0. The van der Waals surface area contributed by atoms with Crippen LogP contribution in [0.1, 0.15) is 0 Å². The molecule has 1 N–H and O–H groups in total. The molecule has 4 rings (SSSR count). The van der Waals surface area contributed by atoms with Crippen molar-refractivity contribution in [3.8, 4) is 28.4 Å². The van der Waals surface area contributed by atoms with Gasteiger partial charge in [0.15, 0.2) is 6.79 Å². The number of hydrogen-bond donors (Lipinski definition) is 1. The topological polar surface area (TPSA) is 74.2 Å². The average Bonchev–Trinajstić information content (AvgIpc) is 2.76. The summed E-state index contributed by atoms with van der Waals surface area (Å²) in [4.78, 5) is 0. The van der Waals surface area contributed by atoms with Gasteiger partial charge >= 0.3 is 7.37 Å². The van der Waals surface area contributed by atoms with E-state index in [4.69, 9.17) is 23.8 Å². The van der Waals surface area contributed by atoms with E-state index < -0.39 is 7.37 Å². The molecule has 1 aliphatic rings. The number of para-hydroxylation sites is 1. The highest BCUT2D eigenvalue weighted by Crippen LogP contribution is 2.55. The maximum absolute atomic E-state index is 14.4. The fourth-order valence-electron chi connectivity index (χ4n) is 3.32. The van der Waals surface area contributed by atoms with Gasteiger partial charge in [0.1, 0.15) is 23.9 Å². The molecule has 1 unspecified atom stereocenters. The summed E-state index contributed by atoms with van der Waals surface area (Å²) >= 11 is 0. The van der Waals surface area contributed by atoms with Crippen LogP contribution in [-0.4, -0.2) is 32.2 Å². The fraction of sp³-hybridized carbons (Fsp3) is 0.182. The SMILES string of the molecule is COCOc1ccc(OCCO)cc1P1(=O)Oc2ccccc2-c2ccccc21. The van der Waals surface area contributed by atoms with Gasteiger partial charge < -0.3 is 23.8 Å². The van der Waals surface area contributed by atoms with Crippen LogP contribution in [0.4, 0.5) is 0 Å². The van der Waals surface area contributed by atoms with E-state index in [9.17, 15) is 4.57 Å². The van der Waals surface area contributed by atoms with Crippen LogP contribution in [0.2, 0.25) is 0 Å². The number of hydrogen-bond acceptors (Lipinski definition) is 6. The molecule has 0 aromatic heterocycles. The zero-order valence-corrected chi connectivity index (χ0v) is 16.8. The molecule has 1 atom stereocenters. The van der Waals surface area contributed by atoms with Gasteiger partial charge in [0.2, 0.25) is 0 Å². The van der Waals surface area contributed by atoms with Crippen molar-refractivity contribution < 1.29 is 28.4 Å². The van der Waals surface area contributed by atoms with E-state index in [1.54, 1.807) is 24.3 Å². The first kappa shape index (κ1) is 19.5. The molecule has 3 aromatic carbocycles.